The highest BCUT2D eigenvalue weighted by atomic mass is 35.5. The Morgan fingerprint density at radius 1 is 1.29 bits per heavy atom. The Bertz CT molecular complexity index is 308. The van der Waals surface area contributed by atoms with Crippen LogP contribution >= 0.6 is 12.4 Å². The van der Waals surface area contributed by atoms with Crippen LogP contribution in [0.25, 0.3) is 0 Å². The van der Waals surface area contributed by atoms with Crippen LogP contribution in [-0.2, 0) is 0 Å². The summed E-state index contributed by atoms with van der Waals surface area (Å²) in [6.45, 7) is 5.12. The van der Waals surface area contributed by atoms with Crippen LogP contribution in [-0.4, -0.2) is 13.1 Å². The van der Waals surface area contributed by atoms with Gasteiger partial charge >= 0.3 is 0 Å². The molecule has 0 atom stereocenters. The van der Waals surface area contributed by atoms with Crippen LogP contribution in [0.5, 0.6) is 0 Å². The van der Waals surface area contributed by atoms with Crippen molar-refractivity contribution < 1.29 is 0 Å². The first kappa shape index (κ1) is 12.8. The number of hydrogen-bond acceptors (Lipinski definition) is 1. The van der Waals surface area contributed by atoms with Gasteiger partial charge in [0.1, 0.15) is 0 Å². The normalized spacial score (nSPS) is 8.00. The lowest BCUT2D eigenvalue weighted by molar-refractivity contribution is 0.858. The van der Waals surface area contributed by atoms with Gasteiger partial charge in [0.05, 0.1) is 6.54 Å². The molecule has 0 bridgehead atoms. The van der Waals surface area contributed by atoms with Gasteiger partial charge in [-0.3, -0.25) is 0 Å². The molecule has 0 heterocycles. The van der Waals surface area contributed by atoms with Gasteiger partial charge in [0.15, 0.2) is 0 Å². The minimum Gasteiger partial charge on any atom is -0.303 e. The zero-order valence-corrected chi connectivity index (χ0v) is 8.81. The Hall–Kier alpha value is -1.23. The summed E-state index contributed by atoms with van der Waals surface area (Å²) in [5.41, 5.74) is 1.06. The van der Waals surface area contributed by atoms with E-state index in [1.165, 1.54) is 0 Å². The van der Waals surface area contributed by atoms with Gasteiger partial charge in [-0.2, -0.15) is 0 Å². The third-order valence-corrected chi connectivity index (χ3v) is 1.51. The van der Waals surface area contributed by atoms with Gasteiger partial charge in [0, 0.05) is 12.1 Å². The highest BCUT2D eigenvalue weighted by Gasteiger charge is 1.80. The molecule has 0 spiro atoms. The third-order valence-electron chi connectivity index (χ3n) is 1.51. The number of rotatable bonds is 3. The Labute approximate surface area is 91.6 Å². The molecule has 0 aliphatic heterocycles. The standard InChI is InChI=1S/C12H13N.ClH/c1-2-10-13-11-6-9-12-7-4-3-5-8-12;/h2-5,7-8,13H,1,10-11H2;1H. The average Bonchev–Trinajstić information content (AvgIpc) is 2.19. The molecule has 0 saturated carbocycles. The minimum absolute atomic E-state index is 0. The molecular formula is C12H14ClN. The van der Waals surface area contributed by atoms with E-state index in [0.717, 1.165) is 12.1 Å². The Morgan fingerprint density at radius 3 is 2.64 bits per heavy atom. The van der Waals surface area contributed by atoms with E-state index in [2.05, 4.69) is 23.7 Å². The van der Waals surface area contributed by atoms with Gasteiger partial charge < -0.3 is 5.32 Å². The molecule has 0 aliphatic rings. The van der Waals surface area contributed by atoms with Crippen molar-refractivity contribution in [3.05, 3.63) is 48.6 Å². The van der Waals surface area contributed by atoms with Gasteiger partial charge in [-0.25, -0.2) is 0 Å². The van der Waals surface area contributed by atoms with Gasteiger partial charge in [-0.15, -0.1) is 19.0 Å². The molecule has 0 amide bonds. The van der Waals surface area contributed by atoms with Crippen molar-refractivity contribution >= 4 is 12.4 Å². The van der Waals surface area contributed by atoms with Gasteiger partial charge in [0.25, 0.3) is 0 Å². The second kappa shape index (κ2) is 8.37. The SMILES string of the molecule is C=CCNCC#Cc1ccccc1.Cl. The highest BCUT2D eigenvalue weighted by Crippen LogP contribution is 1.93. The molecule has 1 aromatic rings. The lowest BCUT2D eigenvalue weighted by atomic mass is 10.2. The van der Waals surface area contributed by atoms with E-state index in [1.807, 2.05) is 36.4 Å². The van der Waals surface area contributed by atoms with E-state index in [1.54, 1.807) is 0 Å². The number of benzene rings is 1. The topological polar surface area (TPSA) is 12.0 Å². The van der Waals surface area contributed by atoms with Crippen LogP contribution in [0.4, 0.5) is 0 Å². The summed E-state index contributed by atoms with van der Waals surface area (Å²) < 4.78 is 0. The van der Waals surface area contributed by atoms with Crippen molar-refractivity contribution in [2.75, 3.05) is 13.1 Å². The molecule has 0 aliphatic carbocycles. The fourth-order valence-corrected chi connectivity index (χ4v) is 0.904. The quantitative estimate of drug-likeness (QED) is 0.456. The van der Waals surface area contributed by atoms with Crippen molar-refractivity contribution in [2.45, 2.75) is 0 Å². The zero-order valence-electron chi connectivity index (χ0n) is 7.99. The maximum absolute atomic E-state index is 3.61. The second-order valence-electron chi connectivity index (χ2n) is 2.59. The van der Waals surface area contributed by atoms with E-state index in [9.17, 15) is 0 Å². The van der Waals surface area contributed by atoms with E-state index in [-0.39, 0.29) is 12.4 Å². The monoisotopic (exact) mass is 207 g/mol. The first-order valence-electron chi connectivity index (χ1n) is 4.29. The van der Waals surface area contributed by atoms with Crippen LogP contribution < -0.4 is 5.32 Å². The van der Waals surface area contributed by atoms with Crippen LogP contribution in [0.15, 0.2) is 43.0 Å². The summed E-state index contributed by atoms with van der Waals surface area (Å²) in [6, 6.07) is 9.96. The Morgan fingerprint density at radius 2 is 2.00 bits per heavy atom. The lowest BCUT2D eigenvalue weighted by Gasteiger charge is -1.90. The third kappa shape index (κ3) is 5.42. The largest absolute Gasteiger partial charge is 0.303 e. The molecule has 1 aromatic carbocycles. The van der Waals surface area contributed by atoms with Crippen molar-refractivity contribution in [3.63, 3.8) is 0 Å². The second-order valence-corrected chi connectivity index (χ2v) is 2.59. The molecule has 2 heteroatoms. The molecule has 1 nitrogen and oxygen atoms in total. The number of hydrogen-bond donors (Lipinski definition) is 1. The van der Waals surface area contributed by atoms with Crippen LogP contribution in [0.1, 0.15) is 5.56 Å². The minimum atomic E-state index is 0. The molecule has 1 rings (SSSR count). The van der Waals surface area contributed by atoms with Crippen molar-refractivity contribution in [2.24, 2.45) is 0 Å². The van der Waals surface area contributed by atoms with E-state index < -0.39 is 0 Å². The summed E-state index contributed by atoms with van der Waals surface area (Å²) >= 11 is 0. The summed E-state index contributed by atoms with van der Waals surface area (Å²) in [5, 5.41) is 3.11. The summed E-state index contributed by atoms with van der Waals surface area (Å²) in [7, 11) is 0. The van der Waals surface area contributed by atoms with E-state index in [0.29, 0.717) is 6.54 Å². The van der Waals surface area contributed by atoms with Gasteiger partial charge in [-0.05, 0) is 12.1 Å². The maximum atomic E-state index is 3.61. The molecule has 0 radical (unpaired) electrons. The first-order valence-corrected chi connectivity index (χ1v) is 4.29. The first-order chi connectivity index (χ1) is 6.43. The number of halogens is 1. The van der Waals surface area contributed by atoms with Crippen molar-refractivity contribution in [1.82, 2.24) is 5.32 Å². The average molecular weight is 208 g/mol. The molecule has 0 saturated heterocycles. The molecule has 14 heavy (non-hydrogen) atoms. The van der Waals surface area contributed by atoms with Crippen molar-refractivity contribution in [1.29, 1.82) is 0 Å². The molecule has 0 fully saturated rings. The van der Waals surface area contributed by atoms with Crippen LogP contribution in [0, 0.1) is 11.8 Å². The van der Waals surface area contributed by atoms with E-state index in [4.69, 9.17) is 0 Å². The Balaban J connectivity index is 0.00000169. The summed E-state index contributed by atoms with van der Waals surface area (Å²) in [4.78, 5) is 0. The predicted octanol–water partition coefficient (Wildman–Crippen LogP) is 2.24. The molecule has 1 N–H and O–H groups in total. The van der Waals surface area contributed by atoms with Crippen molar-refractivity contribution in [3.8, 4) is 11.8 Å². The van der Waals surface area contributed by atoms with Crippen LogP contribution in [0.2, 0.25) is 0 Å². The predicted molar refractivity (Wildman–Crippen MR) is 63.6 cm³/mol. The molecule has 74 valence electrons. The smallest absolute Gasteiger partial charge is 0.0582 e. The molecular weight excluding hydrogens is 194 g/mol. The summed E-state index contributed by atoms with van der Waals surface area (Å²) in [6.07, 6.45) is 1.82. The molecule has 0 aromatic heterocycles. The van der Waals surface area contributed by atoms with Gasteiger partial charge in [0.2, 0.25) is 0 Å². The molecule has 0 unspecified atom stereocenters. The lowest BCUT2D eigenvalue weighted by Crippen LogP contribution is -2.12. The van der Waals surface area contributed by atoms with Gasteiger partial charge in [-0.1, -0.05) is 36.1 Å². The highest BCUT2D eigenvalue weighted by molar-refractivity contribution is 5.85. The van der Waals surface area contributed by atoms with E-state index >= 15 is 0 Å². The fraction of sp³-hybridized carbons (Fsp3) is 0.167. The fourth-order valence-electron chi connectivity index (χ4n) is 0.904. The summed E-state index contributed by atoms with van der Waals surface area (Å²) in [5.74, 6) is 6.08. The maximum Gasteiger partial charge on any atom is 0.0582 e. The zero-order chi connectivity index (χ0) is 9.36. The van der Waals surface area contributed by atoms with Crippen LogP contribution in [0.3, 0.4) is 0 Å². The number of nitrogens with one attached hydrogen (secondary N) is 1. The Kier molecular flexibility index (Phi) is 7.64.